The molecule has 0 unspecified atom stereocenters. The van der Waals surface area contributed by atoms with E-state index in [2.05, 4.69) is 29.6 Å². The van der Waals surface area contributed by atoms with Gasteiger partial charge in [0.2, 0.25) is 5.78 Å². The zero-order valence-electron chi connectivity index (χ0n) is 11.2. The maximum absolute atomic E-state index is 10.2. The van der Waals surface area contributed by atoms with Gasteiger partial charge >= 0.3 is 11.9 Å². The van der Waals surface area contributed by atoms with Crippen LogP contribution in [-0.4, -0.2) is 27.9 Å². The molecule has 2 rings (SSSR count). The maximum Gasteiger partial charge on any atom is 0.372 e. The first-order valence-electron chi connectivity index (χ1n) is 6.17. The summed E-state index contributed by atoms with van der Waals surface area (Å²) < 4.78 is 0. The Morgan fingerprint density at radius 3 is 1.86 bits per heavy atom. The lowest BCUT2D eigenvalue weighted by Gasteiger charge is -1.95. The summed E-state index contributed by atoms with van der Waals surface area (Å²) in [4.78, 5) is 29.7. The fourth-order valence-corrected chi connectivity index (χ4v) is 1.47. The van der Waals surface area contributed by atoms with Gasteiger partial charge in [-0.2, -0.15) is 0 Å². The monoisotopic (exact) mass is 289 g/mol. The molecule has 0 aliphatic carbocycles. The highest BCUT2D eigenvalue weighted by Gasteiger charge is 2.12. The number of carbonyl (C=O) groups is 3. The van der Waals surface area contributed by atoms with Gasteiger partial charge in [0.15, 0.2) is 0 Å². The van der Waals surface area contributed by atoms with Gasteiger partial charge in [-0.1, -0.05) is 24.3 Å². The molecule has 6 nitrogen and oxygen atoms in total. The fourth-order valence-electron chi connectivity index (χ4n) is 1.47. The Balaban J connectivity index is 0.000000212. The van der Waals surface area contributed by atoms with Crippen LogP contribution in [0.5, 0.6) is 0 Å². The van der Waals surface area contributed by atoms with Gasteiger partial charge < -0.3 is 15.5 Å². The van der Waals surface area contributed by atoms with Gasteiger partial charge in [-0.3, -0.25) is 9.59 Å². The molecule has 6 heteroatoms. The van der Waals surface area contributed by atoms with Gasteiger partial charge in [0.1, 0.15) is 0 Å². The van der Waals surface area contributed by atoms with Crippen molar-refractivity contribution in [3.8, 4) is 0 Å². The normalized spacial score (nSPS) is 11.2. The Kier molecular flexibility index (Phi) is 6.40. The first kappa shape index (κ1) is 16.2. The molecule has 0 radical (unpaired) electrons. The number of benzene rings is 1. The van der Waals surface area contributed by atoms with Gasteiger partial charge in [0, 0.05) is 18.8 Å². The largest absolute Gasteiger partial charge is 0.481 e. The second kappa shape index (κ2) is 8.31. The summed E-state index contributed by atoms with van der Waals surface area (Å²) in [6.45, 7) is 0. The molecule has 1 aromatic carbocycles. The minimum absolute atomic E-state index is 0.425. The maximum atomic E-state index is 10.2. The van der Waals surface area contributed by atoms with E-state index < -0.39 is 30.6 Å². The zero-order chi connectivity index (χ0) is 15.7. The SMILES string of the molecule is C1=Cc2ccccc2C=CN1.O=C(O)CCC(=O)C(=O)O. The first-order chi connectivity index (χ1) is 10.0. The molecule has 0 amide bonds. The van der Waals surface area contributed by atoms with E-state index in [9.17, 15) is 14.4 Å². The van der Waals surface area contributed by atoms with Crippen LogP contribution in [0.25, 0.3) is 12.2 Å². The van der Waals surface area contributed by atoms with Crippen LogP contribution in [0.2, 0.25) is 0 Å². The third-order valence-electron chi connectivity index (χ3n) is 2.52. The molecule has 0 aromatic heterocycles. The molecular formula is C15H15NO5. The van der Waals surface area contributed by atoms with E-state index in [1.807, 2.05) is 24.5 Å². The molecule has 21 heavy (non-hydrogen) atoms. The zero-order valence-corrected chi connectivity index (χ0v) is 11.2. The van der Waals surface area contributed by atoms with Gasteiger partial charge in [-0.05, 0) is 23.3 Å². The van der Waals surface area contributed by atoms with Crippen LogP contribution in [0, 0.1) is 0 Å². The van der Waals surface area contributed by atoms with Crippen molar-refractivity contribution in [2.75, 3.05) is 0 Å². The van der Waals surface area contributed by atoms with Crippen LogP contribution in [0.1, 0.15) is 24.0 Å². The molecule has 1 aliphatic heterocycles. The van der Waals surface area contributed by atoms with Crippen molar-refractivity contribution in [1.82, 2.24) is 5.32 Å². The average Bonchev–Trinajstić information content (AvgIpc) is 2.70. The predicted octanol–water partition coefficient (Wildman–Crippen LogP) is 1.74. The van der Waals surface area contributed by atoms with E-state index in [1.165, 1.54) is 11.1 Å². The van der Waals surface area contributed by atoms with Crippen molar-refractivity contribution >= 4 is 29.9 Å². The Labute approximate surface area is 121 Å². The van der Waals surface area contributed by atoms with Crippen LogP contribution in [0.4, 0.5) is 0 Å². The van der Waals surface area contributed by atoms with E-state index in [1.54, 1.807) is 0 Å². The lowest BCUT2D eigenvalue weighted by Crippen LogP contribution is -2.13. The number of Topliss-reactive ketones (excluding diaryl/α,β-unsaturated/α-hetero) is 1. The minimum atomic E-state index is -1.58. The molecule has 0 bridgehead atoms. The Bertz CT molecular complexity index is 558. The lowest BCUT2D eigenvalue weighted by molar-refractivity contribution is -0.149. The Morgan fingerprint density at radius 1 is 0.905 bits per heavy atom. The molecule has 0 atom stereocenters. The van der Waals surface area contributed by atoms with Crippen LogP contribution in [-0.2, 0) is 14.4 Å². The number of fused-ring (bicyclic) bond motifs is 1. The predicted molar refractivity (Wildman–Crippen MR) is 77.2 cm³/mol. The van der Waals surface area contributed by atoms with Gasteiger partial charge in [0.25, 0.3) is 0 Å². The molecule has 0 fully saturated rings. The summed E-state index contributed by atoms with van der Waals surface area (Å²) in [5, 5.41) is 19.0. The number of rotatable bonds is 4. The van der Waals surface area contributed by atoms with Gasteiger partial charge in [-0.15, -0.1) is 0 Å². The molecule has 0 saturated heterocycles. The second-order valence-corrected chi connectivity index (χ2v) is 4.08. The molecule has 1 aliphatic rings. The molecule has 0 saturated carbocycles. The first-order valence-corrected chi connectivity index (χ1v) is 6.17. The molecule has 1 heterocycles. The third-order valence-corrected chi connectivity index (χ3v) is 2.52. The van der Waals surface area contributed by atoms with Gasteiger partial charge in [0.05, 0.1) is 6.42 Å². The lowest BCUT2D eigenvalue weighted by atomic mass is 10.1. The molecule has 110 valence electrons. The number of hydrogen-bond donors (Lipinski definition) is 3. The average molecular weight is 289 g/mol. The van der Waals surface area contributed by atoms with Crippen molar-refractivity contribution < 1.29 is 24.6 Å². The molecule has 1 aromatic rings. The van der Waals surface area contributed by atoms with Crippen molar-refractivity contribution in [2.45, 2.75) is 12.8 Å². The van der Waals surface area contributed by atoms with Crippen LogP contribution in [0.3, 0.4) is 0 Å². The summed E-state index contributed by atoms with van der Waals surface area (Å²) >= 11 is 0. The van der Waals surface area contributed by atoms with E-state index >= 15 is 0 Å². The van der Waals surface area contributed by atoms with E-state index in [0.717, 1.165) is 0 Å². The second-order valence-electron chi connectivity index (χ2n) is 4.08. The Hall–Kier alpha value is -2.89. The van der Waals surface area contributed by atoms with E-state index in [-0.39, 0.29) is 0 Å². The Morgan fingerprint density at radius 2 is 1.43 bits per heavy atom. The number of carboxylic acids is 2. The number of aliphatic carboxylic acids is 2. The summed E-state index contributed by atoms with van der Waals surface area (Å²) in [6.07, 6.45) is 7.13. The van der Waals surface area contributed by atoms with E-state index in [4.69, 9.17) is 10.2 Å². The number of hydrogen-bond acceptors (Lipinski definition) is 4. The summed E-state index contributed by atoms with van der Waals surface area (Å²) in [7, 11) is 0. The van der Waals surface area contributed by atoms with E-state index in [0.29, 0.717) is 0 Å². The van der Waals surface area contributed by atoms with Crippen molar-refractivity contribution in [3.63, 3.8) is 0 Å². The molecule has 0 spiro atoms. The van der Waals surface area contributed by atoms with Crippen molar-refractivity contribution in [1.29, 1.82) is 0 Å². The number of ketones is 1. The quantitative estimate of drug-likeness (QED) is 0.729. The highest BCUT2D eigenvalue weighted by molar-refractivity contribution is 6.32. The summed E-state index contributed by atoms with van der Waals surface area (Å²) in [6, 6.07) is 8.29. The molecule has 3 N–H and O–H groups in total. The highest BCUT2D eigenvalue weighted by Crippen LogP contribution is 2.13. The van der Waals surface area contributed by atoms with Gasteiger partial charge in [-0.25, -0.2) is 4.79 Å². The van der Waals surface area contributed by atoms with Crippen molar-refractivity contribution in [3.05, 3.63) is 47.8 Å². The summed E-state index contributed by atoms with van der Waals surface area (Å²) in [5.74, 6) is -3.82. The number of carboxylic acid groups (broad SMARTS) is 2. The number of carbonyl (C=O) groups excluding carboxylic acids is 1. The third kappa shape index (κ3) is 6.20. The van der Waals surface area contributed by atoms with Crippen LogP contribution >= 0.6 is 0 Å². The highest BCUT2D eigenvalue weighted by atomic mass is 16.4. The smallest absolute Gasteiger partial charge is 0.372 e. The molecular weight excluding hydrogens is 274 g/mol. The standard InChI is InChI=1S/C10H9N.C5H6O5/c1-2-4-10-6-8-11-7-5-9(10)3-1;6-3(5(9)10)1-2-4(7)8/h1-8,11H;1-2H2,(H,7,8)(H,9,10). The van der Waals surface area contributed by atoms with Crippen LogP contribution in [0.15, 0.2) is 36.7 Å². The summed E-state index contributed by atoms with van der Waals surface area (Å²) in [5.41, 5.74) is 2.52. The topological polar surface area (TPSA) is 104 Å². The fraction of sp³-hybridized carbons (Fsp3) is 0.133. The number of nitrogens with one attached hydrogen (secondary N) is 1. The minimum Gasteiger partial charge on any atom is -0.481 e. The van der Waals surface area contributed by atoms with Crippen LogP contribution < -0.4 is 5.32 Å². The van der Waals surface area contributed by atoms with Crippen molar-refractivity contribution in [2.24, 2.45) is 0 Å².